The van der Waals surface area contributed by atoms with Gasteiger partial charge in [0.1, 0.15) is 23.0 Å². The van der Waals surface area contributed by atoms with Gasteiger partial charge in [-0.25, -0.2) is 9.97 Å². The van der Waals surface area contributed by atoms with Crippen LogP contribution in [0.2, 0.25) is 5.02 Å². The highest BCUT2D eigenvalue weighted by Gasteiger charge is 2.08. The molecule has 0 saturated heterocycles. The molecular weight excluding hydrogens is 248 g/mol. The molecule has 16 heavy (non-hydrogen) atoms. The molecule has 0 aromatic carbocycles. The van der Waals surface area contributed by atoms with E-state index in [-0.39, 0.29) is 11.1 Å². The molecule has 0 radical (unpaired) electrons. The smallest absolute Gasteiger partial charge is 0.150 e. The van der Waals surface area contributed by atoms with Gasteiger partial charge in [0.2, 0.25) is 0 Å². The van der Waals surface area contributed by atoms with Gasteiger partial charge in [-0.3, -0.25) is 4.21 Å². The van der Waals surface area contributed by atoms with Crippen molar-refractivity contribution in [2.45, 2.75) is 18.6 Å². The Morgan fingerprint density at radius 1 is 1.62 bits per heavy atom. The molecular formula is C9H15ClN4OS. The van der Waals surface area contributed by atoms with Crippen LogP contribution in [0.25, 0.3) is 0 Å². The maximum absolute atomic E-state index is 11.1. The number of nitrogen functional groups attached to an aromatic ring is 1. The van der Waals surface area contributed by atoms with E-state index >= 15 is 0 Å². The second kappa shape index (κ2) is 6.00. The molecule has 1 rings (SSSR count). The summed E-state index contributed by atoms with van der Waals surface area (Å²) in [7, 11) is -0.808. The Balaban J connectivity index is 2.49. The van der Waals surface area contributed by atoms with Crippen LogP contribution in [0, 0.1) is 0 Å². The summed E-state index contributed by atoms with van der Waals surface area (Å²) in [5, 5.41) is 3.51. The first-order valence-corrected chi connectivity index (χ1v) is 6.84. The second-order valence-electron chi connectivity index (χ2n) is 3.45. The molecule has 0 aliphatic rings. The predicted molar refractivity (Wildman–Crippen MR) is 68.1 cm³/mol. The summed E-state index contributed by atoms with van der Waals surface area (Å²) in [6.45, 7) is 2.59. The zero-order valence-corrected chi connectivity index (χ0v) is 10.8. The van der Waals surface area contributed by atoms with Gasteiger partial charge in [-0.15, -0.1) is 0 Å². The van der Waals surface area contributed by atoms with Gasteiger partial charge < -0.3 is 11.1 Å². The van der Waals surface area contributed by atoms with Crippen molar-refractivity contribution in [3.05, 3.63) is 11.3 Å². The third-order valence-electron chi connectivity index (χ3n) is 2.23. The van der Waals surface area contributed by atoms with Crippen LogP contribution in [0.3, 0.4) is 0 Å². The zero-order chi connectivity index (χ0) is 12.1. The number of nitrogens with two attached hydrogens (primary N) is 1. The molecule has 0 amide bonds. The molecule has 0 aliphatic carbocycles. The van der Waals surface area contributed by atoms with E-state index in [9.17, 15) is 4.21 Å². The lowest BCUT2D eigenvalue weighted by atomic mass is 10.3. The maximum Gasteiger partial charge on any atom is 0.150 e. The summed E-state index contributed by atoms with van der Waals surface area (Å²) in [6.07, 6.45) is 3.83. The van der Waals surface area contributed by atoms with E-state index in [4.69, 9.17) is 17.3 Å². The summed E-state index contributed by atoms with van der Waals surface area (Å²) < 4.78 is 11.1. The van der Waals surface area contributed by atoms with Gasteiger partial charge in [0.15, 0.2) is 0 Å². The van der Waals surface area contributed by atoms with E-state index in [0.717, 1.165) is 6.42 Å². The largest absolute Gasteiger partial charge is 0.382 e. The van der Waals surface area contributed by atoms with Crippen molar-refractivity contribution < 1.29 is 4.21 Å². The average Bonchev–Trinajstić information content (AvgIpc) is 2.24. The first-order valence-electron chi connectivity index (χ1n) is 4.84. The number of aromatic nitrogens is 2. The number of hydrogen-bond acceptors (Lipinski definition) is 5. The Morgan fingerprint density at radius 3 is 2.94 bits per heavy atom. The van der Waals surface area contributed by atoms with E-state index in [0.29, 0.717) is 17.4 Å². The van der Waals surface area contributed by atoms with Crippen LogP contribution in [0.4, 0.5) is 11.6 Å². The normalized spacial score (nSPS) is 14.4. The fraction of sp³-hybridized carbons (Fsp3) is 0.556. The quantitative estimate of drug-likeness (QED) is 0.836. The lowest BCUT2D eigenvalue weighted by molar-refractivity contribution is 0.672. The van der Waals surface area contributed by atoms with E-state index in [1.54, 1.807) is 6.26 Å². The molecule has 0 bridgehead atoms. The SMILES string of the molecule is CC(CCNc1ncnc(N)c1Cl)S(C)=O. The maximum atomic E-state index is 11.1. The van der Waals surface area contributed by atoms with Crippen molar-refractivity contribution >= 4 is 34.0 Å². The molecule has 0 fully saturated rings. The molecule has 1 heterocycles. The number of nitrogens with one attached hydrogen (secondary N) is 1. The number of rotatable bonds is 5. The molecule has 1 aromatic heterocycles. The van der Waals surface area contributed by atoms with E-state index < -0.39 is 10.8 Å². The number of nitrogens with zero attached hydrogens (tertiary/aromatic N) is 2. The van der Waals surface area contributed by atoms with Crippen LogP contribution >= 0.6 is 11.6 Å². The third kappa shape index (κ3) is 3.61. The lowest BCUT2D eigenvalue weighted by Crippen LogP contribution is -2.15. The Kier molecular flexibility index (Phi) is 4.95. The van der Waals surface area contributed by atoms with Crippen molar-refractivity contribution in [2.75, 3.05) is 23.9 Å². The summed E-state index contributed by atoms with van der Waals surface area (Å²) >= 11 is 5.90. The van der Waals surface area contributed by atoms with Crippen molar-refractivity contribution in [3.63, 3.8) is 0 Å². The lowest BCUT2D eigenvalue weighted by Gasteiger charge is -2.10. The Bertz CT molecular complexity index is 388. The van der Waals surface area contributed by atoms with Crippen LogP contribution < -0.4 is 11.1 Å². The van der Waals surface area contributed by atoms with Gasteiger partial charge in [0.25, 0.3) is 0 Å². The van der Waals surface area contributed by atoms with Gasteiger partial charge in [-0.2, -0.15) is 0 Å². The second-order valence-corrected chi connectivity index (χ2v) is 5.63. The molecule has 3 N–H and O–H groups in total. The Morgan fingerprint density at radius 2 is 2.31 bits per heavy atom. The molecule has 0 spiro atoms. The van der Waals surface area contributed by atoms with Gasteiger partial charge in [-0.05, 0) is 6.42 Å². The molecule has 2 unspecified atom stereocenters. The highest BCUT2D eigenvalue weighted by atomic mass is 35.5. The van der Waals surface area contributed by atoms with Crippen LogP contribution in [-0.2, 0) is 10.8 Å². The van der Waals surface area contributed by atoms with Gasteiger partial charge >= 0.3 is 0 Å². The minimum atomic E-state index is -0.808. The van der Waals surface area contributed by atoms with Crippen LogP contribution in [-0.4, -0.2) is 32.2 Å². The molecule has 7 heteroatoms. The minimum Gasteiger partial charge on any atom is -0.382 e. The zero-order valence-electron chi connectivity index (χ0n) is 9.24. The molecule has 1 aromatic rings. The summed E-state index contributed by atoms with van der Waals surface area (Å²) in [4.78, 5) is 7.73. The van der Waals surface area contributed by atoms with Gasteiger partial charge in [-0.1, -0.05) is 18.5 Å². The van der Waals surface area contributed by atoms with Crippen LogP contribution in [0.5, 0.6) is 0 Å². The summed E-state index contributed by atoms with van der Waals surface area (Å²) in [5.74, 6) is 0.773. The van der Waals surface area contributed by atoms with Crippen molar-refractivity contribution in [3.8, 4) is 0 Å². The van der Waals surface area contributed by atoms with Gasteiger partial charge in [0, 0.05) is 28.9 Å². The monoisotopic (exact) mass is 262 g/mol. The van der Waals surface area contributed by atoms with Crippen molar-refractivity contribution in [2.24, 2.45) is 0 Å². The van der Waals surface area contributed by atoms with Crippen LogP contribution in [0.15, 0.2) is 6.33 Å². The van der Waals surface area contributed by atoms with E-state index in [2.05, 4.69) is 15.3 Å². The summed E-state index contributed by atoms with van der Waals surface area (Å²) in [6, 6.07) is 0. The highest BCUT2D eigenvalue weighted by Crippen LogP contribution is 2.22. The fourth-order valence-electron chi connectivity index (χ4n) is 1.07. The number of anilines is 2. The minimum absolute atomic E-state index is 0.144. The number of halogens is 1. The molecule has 0 aliphatic heterocycles. The molecule has 90 valence electrons. The highest BCUT2D eigenvalue weighted by molar-refractivity contribution is 7.84. The topological polar surface area (TPSA) is 80.9 Å². The molecule has 0 saturated carbocycles. The van der Waals surface area contributed by atoms with Crippen molar-refractivity contribution in [1.29, 1.82) is 0 Å². The molecule has 5 nitrogen and oxygen atoms in total. The average molecular weight is 263 g/mol. The van der Waals surface area contributed by atoms with Gasteiger partial charge in [0.05, 0.1) is 0 Å². The van der Waals surface area contributed by atoms with E-state index in [1.807, 2.05) is 6.92 Å². The Labute approximate surface area is 102 Å². The first-order chi connectivity index (χ1) is 7.52. The number of hydrogen-bond donors (Lipinski definition) is 2. The van der Waals surface area contributed by atoms with Crippen molar-refractivity contribution in [1.82, 2.24) is 9.97 Å². The Hall–Kier alpha value is -0.880. The third-order valence-corrected chi connectivity index (χ3v) is 3.97. The first kappa shape index (κ1) is 13.2. The standard InChI is InChI=1S/C9H15ClN4OS/c1-6(16(2)15)3-4-12-9-7(10)8(11)13-5-14-9/h5-6H,3-4H2,1-2H3,(H3,11,12,13,14). The fourth-order valence-corrected chi connectivity index (χ4v) is 1.68. The summed E-state index contributed by atoms with van der Waals surface area (Å²) in [5.41, 5.74) is 5.53. The van der Waals surface area contributed by atoms with Crippen LogP contribution in [0.1, 0.15) is 13.3 Å². The van der Waals surface area contributed by atoms with E-state index in [1.165, 1.54) is 6.33 Å². The molecule has 2 atom stereocenters. The predicted octanol–water partition coefficient (Wildman–Crippen LogP) is 1.28.